The van der Waals surface area contributed by atoms with Gasteiger partial charge in [0.05, 0.1) is 17.5 Å². The summed E-state index contributed by atoms with van der Waals surface area (Å²) in [5.74, 6) is -0.898. The molecule has 0 aromatic carbocycles. The number of thioether (sulfide) groups is 2. The van der Waals surface area contributed by atoms with Crippen LogP contribution in [0.25, 0.3) is 0 Å². The second-order valence-electron chi connectivity index (χ2n) is 3.82. The van der Waals surface area contributed by atoms with Crippen LogP contribution in [0.4, 0.5) is 0 Å². The van der Waals surface area contributed by atoms with E-state index in [1.54, 1.807) is 0 Å². The summed E-state index contributed by atoms with van der Waals surface area (Å²) in [5.41, 5.74) is -0.693. The van der Waals surface area contributed by atoms with E-state index >= 15 is 0 Å². The molecule has 0 aromatic rings. The van der Waals surface area contributed by atoms with Gasteiger partial charge in [0, 0.05) is 5.75 Å². The molecule has 0 aliphatic carbocycles. The van der Waals surface area contributed by atoms with Gasteiger partial charge in [-0.05, 0) is 12.8 Å². The third kappa shape index (κ3) is 5.08. The van der Waals surface area contributed by atoms with E-state index in [0.29, 0.717) is 22.8 Å². The first-order valence-electron chi connectivity index (χ1n) is 6.16. The normalized spacial score (nSPS) is 18.3. The molecule has 7 heteroatoms. The van der Waals surface area contributed by atoms with Gasteiger partial charge < -0.3 is 14.6 Å². The van der Waals surface area contributed by atoms with E-state index < -0.39 is 17.4 Å². The molecule has 1 N–H and O–H groups in total. The Hall–Kier alpha value is -0.660. The number of ether oxygens (including phenoxy) is 2. The summed E-state index contributed by atoms with van der Waals surface area (Å²) in [6.07, 6.45) is 1.36. The zero-order chi connectivity index (χ0) is 14.3. The summed E-state index contributed by atoms with van der Waals surface area (Å²) in [6, 6.07) is 0. The van der Waals surface area contributed by atoms with Crippen LogP contribution in [0.1, 0.15) is 26.7 Å². The van der Waals surface area contributed by atoms with Gasteiger partial charge in [-0.1, -0.05) is 25.6 Å². The lowest BCUT2D eigenvalue weighted by atomic mass is 10.3. The highest BCUT2D eigenvalue weighted by molar-refractivity contribution is 8.25. The molecule has 1 aliphatic rings. The molecule has 1 saturated heterocycles. The maximum Gasteiger partial charge on any atom is 0.347 e. The molecular weight excluding hydrogens is 288 g/mol. The van der Waals surface area contributed by atoms with Crippen molar-refractivity contribution in [3.63, 3.8) is 0 Å². The average molecular weight is 306 g/mol. The van der Waals surface area contributed by atoms with Crippen LogP contribution in [0.2, 0.25) is 0 Å². The predicted molar refractivity (Wildman–Crippen MR) is 75.6 cm³/mol. The Morgan fingerprint density at radius 2 is 1.74 bits per heavy atom. The first-order valence-corrected chi connectivity index (χ1v) is 8.02. The van der Waals surface area contributed by atoms with Crippen LogP contribution in [0.15, 0.2) is 9.81 Å². The highest BCUT2D eigenvalue weighted by Crippen LogP contribution is 2.43. The van der Waals surface area contributed by atoms with Crippen molar-refractivity contribution in [2.75, 3.05) is 19.0 Å². The number of hydrogen-bond acceptors (Lipinski definition) is 7. The third-order valence-corrected chi connectivity index (χ3v) is 4.75. The lowest BCUT2D eigenvalue weighted by Gasteiger charge is -2.09. The van der Waals surface area contributed by atoms with Crippen molar-refractivity contribution in [2.24, 2.45) is 0 Å². The van der Waals surface area contributed by atoms with Crippen molar-refractivity contribution in [1.29, 1.82) is 0 Å². The Morgan fingerprint density at radius 3 is 2.11 bits per heavy atom. The van der Waals surface area contributed by atoms with Gasteiger partial charge in [-0.3, -0.25) is 0 Å². The fourth-order valence-corrected chi connectivity index (χ4v) is 3.68. The van der Waals surface area contributed by atoms with Gasteiger partial charge in [0.1, 0.15) is 5.44 Å². The number of aliphatic hydroxyl groups excluding tert-OH is 1. The summed E-state index contributed by atoms with van der Waals surface area (Å²) in [5, 5.41) is 9.47. The van der Waals surface area contributed by atoms with Crippen molar-refractivity contribution in [3.8, 4) is 0 Å². The quantitative estimate of drug-likeness (QED) is 0.348. The van der Waals surface area contributed by atoms with Gasteiger partial charge in [0.15, 0.2) is 5.57 Å². The van der Waals surface area contributed by atoms with Crippen LogP contribution in [0, 0.1) is 0 Å². The summed E-state index contributed by atoms with van der Waals surface area (Å²) in [4.78, 5) is 23.8. The fourth-order valence-electron chi connectivity index (χ4n) is 1.25. The SMILES string of the molecule is CCCOC(=O)C(C(=O)OCCC)=C1SCC(O)S1. The van der Waals surface area contributed by atoms with Gasteiger partial charge in [-0.25, -0.2) is 9.59 Å². The number of rotatable bonds is 6. The average Bonchev–Trinajstić information content (AvgIpc) is 2.80. The summed E-state index contributed by atoms with van der Waals surface area (Å²) >= 11 is 2.37. The molecule has 1 rings (SSSR count). The maximum absolute atomic E-state index is 11.9. The minimum Gasteiger partial charge on any atom is -0.462 e. The van der Waals surface area contributed by atoms with Crippen LogP contribution in [-0.4, -0.2) is 41.4 Å². The van der Waals surface area contributed by atoms with Crippen LogP contribution in [0.5, 0.6) is 0 Å². The van der Waals surface area contributed by atoms with Crippen molar-refractivity contribution in [2.45, 2.75) is 32.1 Å². The standard InChI is InChI=1S/C12H18O5S2/c1-3-5-16-10(14)9(11(15)17-6-4-2)12-18-7-8(13)19-12/h8,13H,3-7H2,1-2H3. The van der Waals surface area contributed by atoms with Crippen molar-refractivity contribution >= 4 is 35.5 Å². The topological polar surface area (TPSA) is 72.8 Å². The Kier molecular flexibility index (Phi) is 7.33. The highest BCUT2D eigenvalue weighted by Gasteiger charge is 2.31. The molecule has 1 aliphatic heterocycles. The molecule has 0 saturated carbocycles. The first-order chi connectivity index (χ1) is 9.10. The summed E-state index contributed by atoms with van der Waals surface area (Å²) < 4.78 is 10.5. The van der Waals surface area contributed by atoms with E-state index in [9.17, 15) is 14.7 Å². The lowest BCUT2D eigenvalue weighted by Crippen LogP contribution is -2.20. The van der Waals surface area contributed by atoms with Crippen LogP contribution in [0.3, 0.4) is 0 Å². The zero-order valence-corrected chi connectivity index (χ0v) is 12.6. The molecule has 1 atom stereocenters. The molecule has 0 amide bonds. The maximum atomic E-state index is 11.9. The number of carbonyl (C=O) groups is 2. The van der Waals surface area contributed by atoms with E-state index in [2.05, 4.69) is 0 Å². The van der Waals surface area contributed by atoms with Gasteiger partial charge >= 0.3 is 11.9 Å². The van der Waals surface area contributed by atoms with Gasteiger partial charge in [-0.15, -0.1) is 11.8 Å². The lowest BCUT2D eigenvalue weighted by molar-refractivity contribution is -0.147. The van der Waals surface area contributed by atoms with E-state index in [-0.39, 0.29) is 18.8 Å². The van der Waals surface area contributed by atoms with Gasteiger partial charge in [0.2, 0.25) is 0 Å². The van der Waals surface area contributed by atoms with Crippen LogP contribution in [-0.2, 0) is 19.1 Å². The number of carbonyl (C=O) groups excluding carboxylic acids is 2. The molecule has 1 heterocycles. The predicted octanol–water partition coefficient (Wildman–Crippen LogP) is 1.90. The fraction of sp³-hybridized carbons (Fsp3) is 0.667. The molecule has 108 valence electrons. The number of aliphatic hydroxyl groups is 1. The Balaban J connectivity index is 2.84. The Bertz CT molecular complexity index is 345. The van der Waals surface area contributed by atoms with E-state index in [0.717, 1.165) is 11.8 Å². The van der Waals surface area contributed by atoms with E-state index in [1.165, 1.54) is 11.8 Å². The molecule has 1 fully saturated rings. The van der Waals surface area contributed by atoms with Gasteiger partial charge in [0.25, 0.3) is 0 Å². The third-order valence-electron chi connectivity index (χ3n) is 2.09. The van der Waals surface area contributed by atoms with Gasteiger partial charge in [-0.2, -0.15) is 0 Å². The summed E-state index contributed by atoms with van der Waals surface area (Å²) in [6.45, 7) is 4.26. The molecule has 19 heavy (non-hydrogen) atoms. The smallest absolute Gasteiger partial charge is 0.347 e. The minimum atomic E-state index is -0.674. The molecule has 0 radical (unpaired) electrons. The highest BCUT2D eigenvalue weighted by atomic mass is 32.2. The largest absolute Gasteiger partial charge is 0.462 e. The van der Waals surface area contributed by atoms with Crippen LogP contribution < -0.4 is 0 Å². The summed E-state index contributed by atoms with van der Waals surface area (Å²) in [7, 11) is 0. The number of hydrogen-bond donors (Lipinski definition) is 1. The Labute approximate surface area is 121 Å². The molecule has 0 spiro atoms. The van der Waals surface area contributed by atoms with Crippen molar-refractivity contribution in [3.05, 3.63) is 9.81 Å². The first kappa shape index (κ1) is 16.4. The van der Waals surface area contributed by atoms with E-state index in [1.807, 2.05) is 13.8 Å². The van der Waals surface area contributed by atoms with Crippen LogP contribution >= 0.6 is 23.5 Å². The Morgan fingerprint density at radius 1 is 1.21 bits per heavy atom. The van der Waals surface area contributed by atoms with Crippen molar-refractivity contribution < 1.29 is 24.2 Å². The second kappa shape index (κ2) is 8.50. The second-order valence-corrected chi connectivity index (χ2v) is 6.29. The monoisotopic (exact) mass is 306 g/mol. The zero-order valence-electron chi connectivity index (χ0n) is 11.0. The van der Waals surface area contributed by atoms with E-state index in [4.69, 9.17) is 9.47 Å². The molecular formula is C12H18O5S2. The number of esters is 2. The minimum absolute atomic E-state index is 0.0894. The molecule has 0 aromatic heterocycles. The molecule has 5 nitrogen and oxygen atoms in total. The molecule has 1 unspecified atom stereocenters. The van der Waals surface area contributed by atoms with Crippen molar-refractivity contribution in [1.82, 2.24) is 0 Å². The molecule has 0 bridgehead atoms.